The van der Waals surface area contributed by atoms with Crippen molar-refractivity contribution in [3.63, 3.8) is 0 Å². The van der Waals surface area contributed by atoms with Gasteiger partial charge in [-0.25, -0.2) is 4.79 Å². The molecule has 0 N–H and O–H groups in total. The average molecular weight is 259 g/mol. The molecule has 2 aromatic rings. The molecule has 0 amide bonds. The highest BCUT2D eigenvalue weighted by atomic mass is 16.6. The summed E-state index contributed by atoms with van der Waals surface area (Å²) in [6.07, 6.45) is 1.44. The molecule has 1 aromatic carbocycles. The van der Waals surface area contributed by atoms with Gasteiger partial charge in [0.2, 0.25) is 0 Å². The van der Waals surface area contributed by atoms with Crippen molar-refractivity contribution >= 4 is 16.9 Å². The van der Waals surface area contributed by atoms with Crippen LogP contribution in [0.1, 0.15) is 24.2 Å². The van der Waals surface area contributed by atoms with E-state index in [1.54, 1.807) is 18.3 Å². The highest BCUT2D eigenvalue weighted by Crippen LogP contribution is 2.17. The monoisotopic (exact) mass is 259 g/mol. The molecule has 1 aromatic heterocycles. The van der Waals surface area contributed by atoms with Crippen LogP contribution in [0.5, 0.6) is 0 Å². The normalized spacial score (nSPS) is 12.3. The third-order valence-corrected chi connectivity index (χ3v) is 2.73. The molecule has 0 spiro atoms. The number of carbonyl (C=O) groups excluding carboxylic acids is 1. The first-order chi connectivity index (χ1) is 9.22. The van der Waals surface area contributed by atoms with Crippen LogP contribution in [0.4, 0.5) is 0 Å². The van der Waals surface area contributed by atoms with E-state index in [-0.39, 0.29) is 12.1 Å². The molecule has 0 saturated carbocycles. The van der Waals surface area contributed by atoms with Crippen LogP contribution in [-0.2, 0) is 9.47 Å². The van der Waals surface area contributed by atoms with Gasteiger partial charge in [0.1, 0.15) is 6.10 Å². The summed E-state index contributed by atoms with van der Waals surface area (Å²) in [6, 6.07) is 9.10. The Morgan fingerprint density at radius 1 is 1.32 bits per heavy atom. The van der Waals surface area contributed by atoms with Gasteiger partial charge in [-0.2, -0.15) is 0 Å². The molecular weight excluding hydrogens is 242 g/mol. The zero-order valence-corrected chi connectivity index (χ0v) is 11.1. The summed E-state index contributed by atoms with van der Waals surface area (Å²) in [5.41, 5.74) is 1.32. The third kappa shape index (κ3) is 3.29. The maximum absolute atomic E-state index is 12.1. The molecule has 4 heteroatoms. The Morgan fingerprint density at radius 3 is 2.95 bits per heavy atom. The summed E-state index contributed by atoms with van der Waals surface area (Å²) in [6.45, 7) is 4.74. The van der Waals surface area contributed by atoms with Crippen LogP contribution >= 0.6 is 0 Å². The third-order valence-electron chi connectivity index (χ3n) is 2.73. The predicted molar refractivity (Wildman–Crippen MR) is 73.1 cm³/mol. The minimum absolute atomic E-state index is 0.264. The highest BCUT2D eigenvalue weighted by Gasteiger charge is 2.14. The van der Waals surface area contributed by atoms with Crippen molar-refractivity contribution in [1.82, 2.24) is 4.98 Å². The number of carbonyl (C=O) groups is 1. The zero-order chi connectivity index (χ0) is 13.7. The molecule has 19 heavy (non-hydrogen) atoms. The largest absolute Gasteiger partial charge is 0.457 e. The van der Waals surface area contributed by atoms with E-state index in [1.807, 2.05) is 32.0 Å². The van der Waals surface area contributed by atoms with Crippen LogP contribution in [0.15, 0.2) is 36.5 Å². The zero-order valence-electron chi connectivity index (χ0n) is 11.1. The number of rotatable bonds is 5. The minimum atomic E-state index is -0.342. The van der Waals surface area contributed by atoms with Gasteiger partial charge in [0.05, 0.1) is 17.7 Å². The van der Waals surface area contributed by atoms with Crippen LogP contribution < -0.4 is 0 Å². The lowest BCUT2D eigenvalue weighted by atomic mass is 10.1. The minimum Gasteiger partial charge on any atom is -0.457 e. The van der Waals surface area contributed by atoms with Crippen LogP contribution in [0.3, 0.4) is 0 Å². The van der Waals surface area contributed by atoms with Gasteiger partial charge in [-0.05, 0) is 32.0 Å². The molecule has 1 heterocycles. The van der Waals surface area contributed by atoms with Gasteiger partial charge >= 0.3 is 5.97 Å². The molecule has 0 saturated heterocycles. The topological polar surface area (TPSA) is 48.4 Å². The number of nitrogens with zero attached hydrogens (tertiary/aromatic N) is 1. The summed E-state index contributed by atoms with van der Waals surface area (Å²) < 4.78 is 10.6. The average Bonchev–Trinajstić information content (AvgIpc) is 2.44. The molecule has 0 aliphatic carbocycles. The van der Waals surface area contributed by atoms with Gasteiger partial charge in [-0.15, -0.1) is 0 Å². The first-order valence-electron chi connectivity index (χ1n) is 6.35. The Labute approximate surface area is 112 Å². The number of hydrogen-bond donors (Lipinski definition) is 0. The highest BCUT2D eigenvalue weighted by molar-refractivity contribution is 6.03. The molecule has 0 fully saturated rings. The van der Waals surface area contributed by atoms with Gasteiger partial charge in [0.15, 0.2) is 0 Å². The fourth-order valence-corrected chi connectivity index (χ4v) is 1.85. The van der Waals surface area contributed by atoms with Crippen LogP contribution in [0, 0.1) is 0 Å². The van der Waals surface area contributed by atoms with Gasteiger partial charge in [-0.1, -0.05) is 12.1 Å². The Bertz CT molecular complexity index is 563. The second-order valence-corrected chi connectivity index (χ2v) is 4.25. The Morgan fingerprint density at radius 2 is 2.16 bits per heavy atom. The van der Waals surface area contributed by atoms with Crippen molar-refractivity contribution in [2.75, 3.05) is 13.2 Å². The molecule has 100 valence electrons. The molecule has 0 bridgehead atoms. The molecule has 4 nitrogen and oxygen atoms in total. The van der Waals surface area contributed by atoms with Gasteiger partial charge in [-0.3, -0.25) is 4.98 Å². The van der Waals surface area contributed by atoms with Crippen molar-refractivity contribution in [3.05, 3.63) is 42.1 Å². The van der Waals surface area contributed by atoms with Crippen LogP contribution in [-0.4, -0.2) is 30.3 Å². The number of esters is 1. The van der Waals surface area contributed by atoms with E-state index in [9.17, 15) is 4.79 Å². The van der Waals surface area contributed by atoms with Crippen molar-refractivity contribution in [1.29, 1.82) is 0 Å². The molecule has 0 aliphatic rings. The number of pyridine rings is 1. The number of hydrogen-bond acceptors (Lipinski definition) is 4. The summed E-state index contributed by atoms with van der Waals surface area (Å²) in [4.78, 5) is 16.3. The summed E-state index contributed by atoms with van der Waals surface area (Å²) in [7, 11) is 0. The first-order valence-corrected chi connectivity index (χ1v) is 6.35. The maximum Gasteiger partial charge on any atom is 0.339 e. The fourth-order valence-electron chi connectivity index (χ4n) is 1.85. The summed E-state index contributed by atoms with van der Waals surface area (Å²) in [5, 5.41) is 0.804. The van der Waals surface area contributed by atoms with E-state index in [0.29, 0.717) is 18.8 Å². The van der Waals surface area contributed by atoms with E-state index in [2.05, 4.69) is 4.98 Å². The number of ether oxygens (including phenoxy) is 2. The predicted octanol–water partition coefficient (Wildman–Crippen LogP) is 2.82. The first kappa shape index (κ1) is 13.5. The lowest BCUT2D eigenvalue weighted by molar-refractivity contribution is 0.00457. The van der Waals surface area contributed by atoms with Crippen LogP contribution in [0.25, 0.3) is 10.9 Å². The fraction of sp³-hybridized carbons (Fsp3) is 0.333. The van der Waals surface area contributed by atoms with Crippen molar-refractivity contribution in [2.24, 2.45) is 0 Å². The van der Waals surface area contributed by atoms with E-state index in [4.69, 9.17) is 9.47 Å². The SMILES string of the molecule is CCOCC(C)OC(=O)c1cccc2ncccc12. The van der Waals surface area contributed by atoms with E-state index < -0.39 is 0 Å². The Balaban J connectivity index is 2.17. The molecule has 1 unspecified atom stereocenters. The van der Waals surface area contributed by atoms with Crippen molar-refractivity contribution in [2.45, 2.75) is 20.0 Å². The Kier molecular flexibility index (Phi) is 4.47. The number of benzene rings is 1. The molecule has 0 aliphatic heterocycles. The number of aromatic nitrogens is 1. The second kappa shape index (κ2) is 6.29. The summed E-state index contributed by atoms with van der Waals surface area (Å²) >= 11 is 0. The van der Waals surface area contributed by atoms with Crippen molar-refractivity contribution in [3.8, 4) is 0 Å². The van der Waals surface area contributed by atoms with Gasteiger partial charge in [0.25, 0.3) is 0 Å². The molecule has 0 radical (unpaired) electrons. The van der Waals surface area contributed by atoms with E-state index in [1.165, 1.54) is 0 Å². The molecule has 2 rings (SSSR count). The maximum atomic E-state index is 12.1. The standard InChI is InChI=1S/C15H17NO3/c1-3-18-10-11(2)19-15(17)13-6-4-8-14-12(13)7-5-9-16-14/h4-9,11H,3,10H2,1-2H3. The van der Waals surface area contributed by atoms with Crippen LogP contribution in [0.2, 0.25) is 0 Å². The summed E-state index contributed by atoms with van der Waals surface area (Å²) in [5.74, 6) is -0.342. The molecule has 1 atom stereocenters. The lowest BCUT2D eigenvalue weighted by Gasteiger charge is -2.13. The van der Waals surface area contributed by atoms with Crippen molar-refractivity contribution < 1.29 is 14.3 Å². The Hall–Kier alpha value is -1.94. The van der Waals surface area contributed by atoms with E-state index >= 15 is 0 Å². The quantitative estimate of drug-likeness (QED) is 0.775. The smallest absolute Gasteiger partial charge is 0.339 e. The van der Waals surface area contributed by atoms with Gasteiger partial charge in [0, 0.05) is 18.2 Å². The molecular formula is C15H17NO3. The van der Waals surface area contributed by atoms with Gasteiger partial charge < -0.3 is 9.47 Å². The second-order valence-electron chi connectivity index (χ2n) is 4.25. The lowest BCUT2D eigenvalue weighted by Crippen LogP contribution is -2.20. The number of fused-ring (bicyclic) bond motifs is 1. The van der Waals surface area contributed by atoms with E-state index in [0.717, 1.165) is 10.9 Å².